The fraction of sp³-hybridized carbons (Fsp3) is 0.787. The number of hydrogen-bond donors (Lipinski definition) is 0. The van der Waals surface area contributed by atoms with Gasteiger partial charge in [0.1, 0.15) is 5.75 Å². The Morgan fingerprint density at radius 1 is 0.673 bits per heavy atom. The maximum Gasteiger partial charge on any atom is 0.192 e. The predicted octanol–water partition coefficient (Wildman–Crippen LogP) is 14.5. The van der Waals surface area contributed by atoms with Crippen LogP contribution in [0.1, 0.15) is 122 Å². The van der Waals surface area contributed by atoms with E-state index in [1.807, 2.05) is 18.2 Å². The van der Waals surface area contributed by atoms with E-state index >= 15 is 0 Å². The molecule has 8 atom stereocenters. The van der Waals surface area contributed by atoms with Gasteiger partial charge < -0.3 is 22.8 Å². The Balaban J connectivity index is 3.39. The molecule has 1 aromatic rings. The van der Waals surface area contributed by atoms with Crippen LogP contribution in [0.4, 0.5) is 0 Å². The number of methoxy groups -OCH3 is 1. The molecule has 320 valence electrons. The lowest BCUT2D eigenvalue weighted by atomic mass is 9.83. The smallest absolute Gasteiger partial charge is 0.192 e. The van der Waals surface area contributed by atoms with E-state index < -0.39 is 25.0 Å². The van der Waals surface area contributed by atoms with Gasteiger partial charge in [-0.25, -0.2) is 0 Å². The van der Waals surface area contributed by atoms with E-state index in [-0.39, 0.29) is 45.3 Å². The summed E-state index contributed by atoms with van der Waals surface area (Å²) >= 11 is 0. The molecule has 5 nitrogen and oxygen atoms in total. The lowest BCUT2D eigenvalue weighted by Gasteiger charge is -2.44. The van der Waals surface area contributed by atoms with E-state index in [4.69, 9.17) is 22.8 Å². The zero-order valence-corrected chi connectivity index (χ0v) is 42.9. The third-order valence-electron chi connectivity index (χ3n) is 13.6. The van der Waals surface area contributed by atoms with Crippen LogP contribution in [0, 0.1) is 29.6 Å². The summed E-state index contributed by atoms with van der Waals surface area (Å²) in [5.74, 6) is 2.47. The Bertz CT molecular complexity index is 1290. The second-order valence-corrected chi connectivity index (χ2v) is 36.0. The first kappa shape index (κ1) is 52.0. The molecule has 0 radical (unpaired) electrons. The molecule has 0 aliphatic rings. The SMILES string of the molecule is C=C/C=C\[C@H](C)[C@H](OCc1ccc(OC)cc1)[C@@H](C)[C@@H](CC[C@H](C)C[C@H](C)[C@@H](O[Si](C)(C)C(C)(C)C)[C@@H](C)CO[Si](C)(C)C(C)(C)C)O[Si](C)(C)C(C)(C)C. The van der Waals surface area contributed by atoms with E-state index in [1.165, 1.54) is 0 Å². The van der Waals surface area contributed by atoms with Crippen LogP contribution in [-0.4, -0.2) is 57.0 Å². The first-order valence-electron chi connectivity index (χ1n) is 21.4. The predicted molar refractivity (Wildman–Crippen MR) is 248 cm³/mol. The Hall–Kier alpha value is -1.01. The van der Waals surface area contributed by atoms with Crippen LogP contribution in [0.15, 0.2) is 49.1 Å². The summed E-state index contributed by atoms with van der Waals surface area (Å²) in [6.45, 7) is 52.5. The molecule has 1 aromatic carbocycles. The highest BCUT2D eigenvalue weighted by Crippen LogP contribution is 2.43. The number of allylic oxidation sites excluding steroid dienone is 2. The van der Waals surface area contributed by atoms with E-state index in [0.29, 0.717) is 24.4 Å². The topological polar surface area (TPSA) is 46.2 Å². The monoisotopic (exact) mass is 819 g/mol. The molecule has 0 spiro atoms. The van der Waals surface area contributed by atoms with E-state index in [1.54, 1.807) is 7.11 Å². The number of ether oxygens (including phenoxy) is 2. The summed E-state index contributed by atoms with van der Waals surface area (Å²) in [4.78, 5) is 0. The molecule has 0 amide bonds. The molecular formula is C47H90O5Si3. The van der Waals surface area contributed by atoms with Crippen LogP contribution in [0.3, 0.4) is 0 Å². The highest BCUT2D eigenvalue weighted by Gasteiger charge is 2.44. The highest BCUT2D eigenvalue weighted by atomic mass is 28.4. The van der Waals surface area contributed by atoms with Crippen LogP contribution in [0.2, 0.25) is 54.4 Å². The van der Waals surface area contributed by atoms with Crippen molar-refractivity contribution >= 4 is 25.0 Å². The van der Waals surface area contributed by atoms with E-state index in [0.717, 1.165) is 37.2 Å². The Labute approximate surface area is 345 Å². The second-order valence-electron chi connectivity index (χ2n) is 21.7. The largest absolute Gasteiger partial charge is 0.497 e. The Kier molecular flexibility index (Phi) is 20.1. The summed E-state index contributed by atoms with van der Waals surface area (Å²) < 4.78 is 33.8. The first-order chi connectivity index (χ1) is 24.9. The van der Waals surface area contributed by atoms with Gasteiger partial charge >= 0.3 is 0 Å². The van der Waals surface area contributed by atoms with Crippen molar-refractivity contribution in [3.05, 3.63) is 54.6 Å². The molecule has 0 aliphatic carbocycles. The second kappa shape index (κ2) is 21.3. The van der Waals surface area contributed by atoms with E-state index in [2.05, 4.69) is 167 Å². The minimum atomic E-state index is -2.08. The van der Waals surface area contributed by atoms with Crippen molar-refractivity contribution in [1.29, 1.82) is 0 Å². The summed E-state index contributed by atoms with van der Waals surface area (Å²) in [5, 5.41) is 0.434. The molecule has 0 N–H and O–H groups in total. The molecule has 8 heteroatoms. The average molecular weight is 819 g/mol. The van der Waals surface area contributed by atoms with E-state index in [9.17, 15) is 0 Å². The van der Waals surface area contributed by atoms with Crippen molar-refractivity contribution in [3.63, 3.8) is 0 Å². The van der Waals surface area contributed by atoms with Crippen LogP contribution in [0.25, 0.3) is 0 Å². The maximum absolute atomic E-state index is 7.38. The summed E-state index contributed by atoms with van der Waals surface area (Å²) in [7, 11) is -4.27. The van der Waals surface area contributed by atoms with Gasteiger partial charge in [-0.05, 0) is 103 Å². The van der Waals surface area contributed by atoms with Crippen molar-refractivity contribution in [1.82, 2.24) is 0 Å². The van der Waals surface area contributed by atoms with Crippen molar-refractivity contribution in [2.75, 3.05) is 13.7 Å². The van der Waals surface area contributed by atoms with Crippen LogP contribution in [0.5, 0.6) is 5.75 Å². The Morgan fingerprint density at radius 3 is 1.65 bits per heavy atom. The fourth-order valence-corrected chi connectivity index (χ4v) is 10.6. The third-order valence-corrected chi connectivity index (χ3v) is 27.1. The van der Waals surface area contributed by atoms with Crippen molar-refractivity contribution < 1.29 is 22.8 Å². The van der Waals surface area contributed by atoms with Gasteiger partial charge in [0.15, 0.2) is 25.0 Å². The molecule has 0 saturated carbocycles. The molecule has 0 aliphatic heterocycles. The summed E-state index contributed by atoms with van der Waals surface area (Å²) in [6.07, 6.45) is 9.55. The van der Waals surface area contributed by atoms with Crippen LogP contribution >= 0.6 is 0 Å². The fourth-order valence-electron chi connectivity index (χ4n) is 6.55. The lowest BCUT2D eigenvalue weighted by molar-refractivity contribution is -0.0552. The van der Waals surface area contributed by atoms with Gasteiger partial charge in [0.05, 0.1) is 32.0 Å². The van der Waals surface area contributed by atoms with Gasteiger partial charge in [0.25, 0.3) is 0 Å². The van der Waals surface area contributed by atoms with Gasteiger partial charge in [-0.1, -0.05) is 134 Å². The van der Waals surface area contributed by atoms with Crippen LogP contribution in [-0.2, 0) is 24.6 Å². The molecule has 0 bridgehead atoms. The molecule has 1 rings (SSSR count). The maximum atomic E-state index is 7.38. The quantitative estimate of drug-likeness (QED) is 0.0813. The molecule has 0 unspecified atom stereocenters. The Morgan fingerprint density at radius 2 is 1.18 bits per heavy atom. The molecule has 55 heavy (non-hydrogen) atoms. The average Bonchev–Trinajstić information content (AvgIpc) is 3.05. The zero-order chi connectivity index (χ0) is 42.8. The normalized spacial score (nSPS) is 18.3. The zero-order valence-electron chi connectivity index (χ0n) is 39.9. The molecule has 0 aromatic heterocycles. The standard InChI is InChI=1S/C47H90O5Si3/c1-23-24-25-36(3)44(49-34-40-27-29-41(48-16)30-28-40)39(6)42(51-54(19,20)46(10,11)12)31-26-35(2)32-37(4)43(52-55(21,22)47(13,14)15)38(5)33-50-53(17,18)45(7,8)9/h23-25,27-30,35-39,42-44H,1,26,31-34H2,2-22H3/b25-24-/t35-,36-,37-,38-,39-,42+,43+,44-/m0/s1. The number of rotatable bonds is 23. The lowest BCUT2D eigenvalue weighted by Crippen LogP contribution is -2.49. The van der Waals surface area contributed by atoms with Gasteiger partial charge in [-0.2, -0.15) is 0 Å². The molecule has 0 heterocycles. The van der Waals surface area contributed by atoms with Crippen molar-refractivity contribution in [2.45, 2.75) is 196 Å². The number of hydrogen-bond acceptors (Lipinski definition) is 5. The first-order valence-corrected chi connectivity index (χ1v) is 30.2. The third kappa shape index (κ3) is 16.3. The van der Waals surface area contributed by atoms with Crippen LogP contribution < -0.4 is 4.74 Å². The van der Waals surface area contributed by atoms with Crippen molar-refractivity contribution in [3.8, 4) is 5.75 Å². The minimum absolute atomic E-state index is 0.0218. The molecule has 0 fully saturated rings. The number of benzene rings is 1. The highest BCUT2D eigenvalue weighted by molar-refractivity contribution is 6.75. The van der Waals surface area contributed by atoms with Gasteiger partial charge in [0.2, 0.25) is 0 Å². The summed E-state index contributed by atoms with van der Waals surface area (Å²) in [6, 6.07) is 8.21. The van der Waals surface area contributed by atoms with Gasteiger partial charge in [-0.15, -0.1) is 0 Å². The van der Waals surface area contributed by atoms with Crippen molar-refractivity contribution in [2.24, 2.45) is 29.6 Å². The van der Waals surface area contributed by atoms with Gasteiger partial charge in [-0.3, -0.25) is 0 Å². The summed E-state index contributed by atoms with van der Waals surface area (Å²) in [5.41, 5.74) is 1.14. The van der Waals surface area contributed by atoms with Gasteiger partial charge in [0, 0.05) is 24.4 Å². The molecular weight excluding hydrogens is 729 g/mol. The minimum Gasteiger partial charge on any atom is -0.497 e. The molecule has 0 saturated heterocycles.